The van der Waals surface area contributed by atoms with Crippen LogP contribution >= 0.6 is 23.8 Å². The summed E-state index contributed by atoms with van der Waals surface area (Å²) in [7, 11) is 0. The van der Waals surface area contributed by atoms with Gasteiger partial charge in [-0.25, -0.2) is 0 Å². The van der Waals surface area contributed by atoms with Gasteiger partial charge < -0.3 is 15.1 Å². The van der Waals surface area contributed by atoms with E-state index in [1.165, 1.54) is 25.7 Å². The van der Waals surface area contributed by atoms with Crippen molar-refractivity contribution in [1.82, 2.24) is 10.2 Å². The predicted octanol–water partition coefficient (Wildman–Crippen LogP) is 4.12. The van der Waals surface area contributed by atoms with E-state index in [-0.39, 0.29) is 5.60 Å². The van der Waals surface area contributed by atoms with Crippen LogP contribution in [0.1, 0.15) is 50.5 Å². The molecule has 134 valence electrons. The number of nitrogens with one attached hydrogen (secondary N) is 1. The van der Waals surface area contributed by atoms with Crippen LogP contribution in [-0.4, -0.2) is 40.5 Å². The highest BCUT2D eigenvalue weighted by Crippen LogP contribution is 2.36. The van der Waals surface area contributed by atoms with Crippen molar-refractivity contribution in [2.45, 2.75) is 56.6 Å². The largest absolute Gasteiger partial charge is 0.388 e. The lowest BCUT2D eigenvalue weighted by molar-refractivity contribution is -0.0524. The van der Waals surface area contributed by atoms with Crippen molar-refractivity contribution in [2.24, 2.45) is 5.16 Å². The fourth-order valence-electron chi connectivity index (χ4n) is 4.04. The van der Waals surface area contributed by atoms with Gasteiger partial charge in [-0.05, 0) is 42.8 Å². The van der Waals surface area contributed by atoms with Gasteiger partial charge in [-0.1, -0.05) is 41.7 Å². The maximum absolute atomic E-state index is 5.97. The van der Waals surface area contributed by atoms with Crippen molar-refractivity contribution >= 4 is 34.6 Å². The summed E-state index contributed by atoms with van der Waals surface area (Å²) in [4.78, 5) is 8.20. The Bertz CT molecular complexity index is 662. The van der Waals surface area contributed by atoms with E-state index in [4.69, 9.17) is 28.7 Å². The van der Waals surface area contributed by atoms with E-state index in [1.807, 2.05) is 24.3 Å². The molecular formula is C19H24ClN3OS. The third kappa shape index (κ3) is 3.77. The van der Waals surface area contributed by atoms with Gasteiger partial charge in [0.2, 0.25) is 0 Å². The van der Waals surface area contributed by atoms with Crippen LogP contribution in [0.5, 0.6) is 0 Å². The van der Waals surface area contributed by atoms with Gasteiger partial charge in [0, 0.05) is 43.4 Å². The van der Waals surface area contributed by atoms with Crippen LogP contribution in [0.2, 0.25) is 5.02 Å². The zero-order valence-corrected chi connectivity index (χ0v) is 15.9. The molecule has 0 bridgehead atoms. The maximum atomic E-state index is 5.97. The number of benzene rings is 1. The Morgan fingerprint density at radius 1 is 1.20 bits per heavy atom. The molecule has 3 aliphatic rings. The molecule has 1 aliphatic carbocycles. The fraction of sp³-hybridized carbons (Fsp3) is 0.579. The Morgan fingerprint density at radius 3 is 2.56 bits per heavy atom. The lowest BCUT2D eigenvalue weighted by Crippen LogP contribution is -2.51. The average molecular weight is 378 g/mol. The maximum Gasteiger partial charge on any atom is 0.169 e. The number of halogens is 1. The Balaban J connectivity index is 1.31. The van der Waals surface area contributed by atoms with Crippen molar-refractivity contribution in [3.05, 3.63) is 34.9 Å². The van der Waals surface area contributed by atoms with Gasteiger partial charge in [-0.3, -0.25) is 0 Å². The molecule has 0 amide bonds. The van der Waals surface area contributed by atoms with E-state index in [9.17, 15) is 0 Å². The van der Waals surface area contributed by atoms with E-state index in [0.717, 1.165) is 53.8 Å². The third-order valence-electron chi connectivity index (χ3n) is 5.66. The number of piperidine rings is 1. The first-order chi connectivity index (χ1) is 12.1. The minimum atomic E-state index is -0.158. The molecule has 1 N–H and O–H groups in total. The summed E-state index contributed by atoms with van der Waals surface area (Å²) in [5.41, 5.74) is 1.97. The molecule has 2 heterocycles. The van der Waals surface area contributed by atoms with Gasteiger partial charge in [-0.2, -0.15) is 0 Å². The second kappa shape index (κ2) is 7.12. The summed E-state index contributed by atoms with van der Waals surface area (Å²) < 4.78 is 0. The van der Waals surface area contributed by atoms with Gasteiger partial charge >= 0.3 is 0 Å². The lowest BCUT2D eigenvalue weighted by Gasteiger charge is -2.39. The number of likely N-dealkylation sites (tertiary alicyclic amines) is 1. The van der Waals surface area contributed by atoms with Crippen LogP contribution < -0.4 is 5.32 Å². The molecule has 1 aromatic rings. The topological polar surface area (TPSA) is 36.9 Å². The van der Waals surface area contributed by atoms with Crippen LogP contribution in [0.15, 0.2) is 29.4 Å². The predicted molar refractivity (Wildman–Crippen MR) is 105 cm³/mol. The highest BCUT2D eigenvalue weighted by Gasteiger charge is 2.42. The first-order valence-corrected chi connectivity index (χ1v) is 9.99. The van der Waals surface area contributed by atoms with E-state index in [1.54, 1.807) is 0 Å². The molecular weight excluding hydrogens is 354 g/mol. The number of oxime groups is 1. The summed E-state index contributed by atoms with van der Waals surface area (Å²) in [6, 6.07) is 8.41. The van der Waals surface area contributed by atoms with E-state index in [0.29, 0.717) is 6.04 Å². The van der Waals surface area contributed by atoms with E-state index >= 15 is 0 Å². The summed E-state index contributed by atoms with van der Waals surface area (Å²) in [5.74, 6) is 0. The highest BCUT2D eigenvalue weighted by atomic mass is 35.5. The zero-order valence-electron chi connectivity index (χ0n) is 14.3. The van der Waals surface area contributed by atoms with Crippen LogP contribution in [-0.2, 0) is 4.84 Å². The number of hydrogen-bond acceptors (Lipinski definition) is 3. The monoisotopic (exact) mass is 377 g/mol. The van der Waals surface area contributed by atoms with Crippen molar-refractivity contribution in [2.75, 3.05) is 13.1 Å². The lowest BCUT2D eigenvalue weighted by atomic mass is 9.85. The van der Waals surface area contributed by atoms with Crippen molar-refractivity contribution in [3.63, 3.8) is 0 Å². The quantitative estimate of drug-likeness (QED) is 0.787. The Labute approximate surface area is 159 Å². The summed E-state index contributed by atoms with van der Waals surface area (Å²) in [6.45, 7) is 1.87. The zero-order chi connectivity index (χ0) is 17.3. The van der Waals surface area contributed by atoms with Gasteiger partial charge in [0.05, 0.1) is 5.71 Å². The molecule has 6 heteroatoms. The van der Waals surface area contributed by atoms with Crippen molar-refractivity contribution < 1.29 is 4.84 Å². The van der Waals surface area contributed by atoms with E-state index in [2.05, 4.69) is 15.4 Å². The fourth-order valence-corrected chi connectivity index (χ4v) is 4.52. The molecule has 0 unspecified atom stereocenters. The van der Waals surface area contributed by atoms with Crippen LogP contribution in [0.3, 0.4) is 0 Å². The Kier molecular flexibility index (Phi) is 4.87. The molecule has 4 nitrogen and oxygen atoms in total. The summed E-state index contributed by atoms with van der Waals surface area (Å²) >= 11 is 11.6. The standard InChI is InChI=1S/C19H24ClN3OS/c20-15-7-5-14(6-8-15)17-13-19(24-22-17)9-11-23(12-10-19)18(25)21-16-3-1-2-4-16/h5-8,16H,1-4,9-13H2,(H,21,25). The van der Waals surface area contributed by atoms with Crippen LogP contribution in [0.25, 0.3) is 0 Å². The minimum absolute atomic E-state index is 0.158. The molecule has 0 atom stereocenters. The molecule has 0 aromatic heterocycles. The molecule has 25 heavy (non-hydrogen) atoms. The van der Waals surface area contributed by atoms with Gasteiger partial charge in [0.15, 0.2) is 5.11 Å². The molecule has 1 aromatic carbocycles. The van der Waals surface area contributed by atoms with Crippen molar-refractivity contribution in [3.8, 4) is 0 Å². The SMILES string of the molecule is S=C(NC1CCCC1)N1CCC2(CC1)CC(c1ccc(Cl)cc1)=NO2. The summed E-state index contributed by atoms with van der Waals surface area (Å²) in [6.07, 6.45) is 7.92. The second-order valence-corrected chi connectivity index (χ2v) is 8.24. The molecule has 2 fully saturated rings. The average Bonchev–Trinajstić information content (AvgIpc) is 3.27. The molecule has 2 aliphatic heterocycles. The van der Waals surface area contributed by atoms with Crippen molar-refractivity contribution in [1.29, 1.82) is 0 Å². The van der Waals surface area contributed by atoms with Gasteiger partial charge in [0.25, 0.3) is 0 Å². The smallest absolute Gasteiger partial charge is 0.169 e. The van der Waals surface area contributed by atoms with Crippen LogP contribution in [0.4, 0.5) is 0 Å². The Morgan fingerprint density at radius 2 is 1.88 bits per heavy atom. The second-order valence-electron chi connectivity index (χ2n) is 7.41. The molecule has 4 rings (SSSR count). The first kappa shape index (κ1) is 17.1. The minimum Gasteiger partial charge on any atom is -0.388 e. The molecule has 1 saturated heterocycles. The number of rotatable bonds is 2. The van der Waals surface area contributed by atoms with Gasteiger partial charge in [0.1, 0.15) is 5.60 Å². The highest BCUT2D eigenvalue weighted by molar-refractivity contribution is 7.80. The van der Waals surface area contributed by atoms with Crippen LogP contribution in [0, 0.1) is 0 Å². The van der Waals surface area contributed by atoms with E-state index < -0.39 is 0 Å². The first-order valence-electron chi connectivity index (χ1n) is 9.20. The number of nitrogens with zero attached hydrogens (tertiary/aromatic N) is 2. The number of hydrogen-bond donors (Lipinski definition) is 1. The Hall–Kier alpha value is -1.33. The molecule has 1 saturated carbocycles. The van der Waals surface area contributed by atoms with Gasteiger partial charge in [-0.15, -0.1) is 0 Å². The molecule has 0 radical (unpaired) electrons. The third-order valence-corrected chi connectivity index (χ3v) is 6.29. The normalized spacial score (nSPS) is 22.8. The molecule has 1 spiro atoms. The summed E-state index contributed by atoms with van der Waals surface area (Å²) in [5, 5.41) is 9.58. The number of thiocarbonyl (C=S) groups is 1.